The van der Waals surface area contributed by atoms with Gasteiger partial charge in [0.15, 0.2) is 0 Å². The first-order valence-electron chi connectivity index (χ1n) is 10.0. The second-order valence-electron chi connectivity index (χ2n) is 8.29. The number of anilines is 2. The number of aromatic hydroxyl groups is 1. The average molecular weight is 368 g/mol. The molecule has 0 atom stereocenters. The second-order valence-corrected chi connectivity index (χ2v) is 8.29. The minimum atomic E-state index is 0.324. The van der Waals surface area contributed by atoms with Gasteiger partial charge in [0.25, 0.3) is 0 Å². The van der Waals surface area contributed by atoms with Crippen LogP contribution in [-0.2, 0) is 6.54 Å². The Hall–Kier alpha value is -2.20. The highest BCUT2D eigenvalue weighted by Gasteiger charge is 2.20. The van der Waals surface area contributed by atoms with E-state index in [4.69, 9.17) is 5.73 Å². The van der Waals surface area contributed by atoms with Gasteiger partial charge in [0.2, 0.25) is 0 Å². The summed E-state index contributed by atoms with van der Waals surface area (Å²) in [6.45, 7) is 13.7. The average Bonchev–Trinajstić information content (AvgIpc) is 2.64. The fraction of sp³-hybridized carbons (Fsp3) is 0.478. The van der Waals surface area contributed by atoms with Crippen molar-refractivity contribution in [1.29, 1.82) is 0 Å². The summed E-state index contributed by atoms with van der Waals surface area (Å²) in [5.41, 5.74) is 11.3. The second kappa shape index (κ2) is 8.22. The zero-order valence-electron chi connectivity index (χ0n) is 17.1. The first-order valence-corrected chi connectivity index (χ1v) is 10.0. The van der Waals surface area contributed by atoms with Crippen LogP contribution in [0.5, 0.6) is 5.75 Å². The number of hydrogen-bond donors (Lipinski definition) is 2. The Kier molecular flexibility index (Phi) is 5.95. The quantitative estimate of drug-likeness (QED) is 0.762. The van der Waals surface area contributed by atoms with Crippen LogP contribution >= 0.6 is 0 Å². The fourth-order valence-electron chi connectivity index (χ4n) is 3.82. The molecule has 4 heteroatoms. The molecule has 0 radical (unpaired) electrons. The van der Waals surface area contributed by atoms with Crippen LogP contribution in [0.25, 0.3) is 0 Å². The Morgan fingerprint density at radius 1 is 0.889 bits per heavy atom. The van der Waals surface area contributed by atoms with Gasteiger partial charge in [0.05, 0.1) is 0 Å². The molecule has 4 nitrogen and oxygen atoms in total. The topological polar surface area (TPSA) is 52.7 Å². The zero-order valence-corrected chi connectivity index (χ0v) is 17.1. The molecule has 3 rings (SSSR count). The summed E-state index contributed by atoms with van der Waals surface area (Å²) in [5.74, 6) is 1.13. The minimum absolute atomic E-state index is 0.324. The van der Waals surface area contributed by atoms with Gasteiger partial charge in [0, 0.05) is 44.1 Å². The number of phenols is 1. The van der Waals surface area contributed by atoms with Crippen molar-refractivity contribution >= 4 is 11.4 Å². The lowest BCUT2D eigenvalue weighted by Crippen LogP contribution is -2.46. The van der Waals surface area contributed by atoms with Crippen molar-refractivity contribution in [2.75, 3.05) is 36.8 Å². The first-order chi connectivity index (χ1) is 12.8. The molecule has 2 aromatic rings. The molecule has 0 saturated carbocycles. The van der Waals surface area contributed by atoms with Crippen molar-refractivity contribution < 1.29 is 5.11 Å². The fourth-order valence-corrected chi connectivity index (χ4v) is 3.82. The van der Waals surface area contributed by atoms with E-state index in [1.165, 1.54) is 11.3 Å². The third kappa shape index (κ3) is 4.56. The molecule has 1 saturated heterocycles. The molecular weight excluding hydrogens is 334 g/mol. The number of nitrogens with two attached hydrogens (primary N) is 1. The van der Waals surface area contributed by atoms with E-state index in [1.807, 2.05) is 12.1 Å². The molecule has 0 amide bonds. The van der Waals surface area contributed by atoms with Crippen LogP contribution in [0.2, 0.25) is 0 Å². The molecule has 0 aliphatic carbocycles. The highest BCUT2D eigenvalue weighted by molar-refractivity contribution is 5.53. The molecule has 2 aromatic carbocycles. The van der Waals surface area contributed by atoms with E-state index in [1.54, 1.807) is 0 Å². The van der Waals surface area contributed by atoms with Crippen LogP contribution in [0.15, 0.2) is 36.4 Å². The van der Waals surface area contributed by atoms with Gasteiger partial charge in [-0.15, -0.1) is 0 Å². The molecule has 3 N–H and O–H groups in total. The Morgan fingerprint density at radius 2 is 1.41 bits per heavy atom. The summed E-state index contributed by atoms with van der Waals surface area (Å²) in [7, 11) is 0. The third-order valence-corrected chi connectivity index (χ3v) is 5.51. The van der Waals surface area contributed by atoms with Gasteiger partial charge >= 0.3 is 0 Å². The maximum absolute atomic E-state index is 10.6. The van der Waals surface area contributed by atoms with E-state index in [-0.39, 0.29) is 0 Å². The van der Waals surface area contributed by atoms with Crippen LogP contribution < -0.4 is 10.6 Å². The normalized spacial score (nSPS) is 15.7. The van der Waals surface area contributed by atoms with E-state index >= 15 is 0 Å². The lowest BCUT2D eigenvalue weighted by atomic mass is 9.91. The molecular formula is C23H33N3O. The van der Waals surface area contributed by atoms with E-state index in [2.05, 4.69) is 61.8 Å². The number of rotatable bonds is 5. The van der Waals surface area contributed by atoms with E-state index in [0.717, 1.165) is 49.5 Å². The Morgan fingerprint density at radius 3 is 1.89 bits per heavy atom. The summed E-state index contributed by atoms with van der Waals surface area (Å²) in [4.78, 5) is 4.93. The van der Waals surface area contributed by atoms with Gasteiger partial charge in [-0.05, 0) is 52.8 Å². The molecule has 0 unspecified atom stereocenters. The van der Waals surface area contributed by atoms with Crippen molar-refractivity contribution in [2.45, 2.75) is 46.1 Å². The summed E-state index contributed by atoms with van der Waals surface area (Å²) in [6, 6.07) is 12.5. The number of nitrogens with zero attached hydrogens (tertiary/aromatic N) is 2. The van der Waals surface area contributed by atoms with E-state index in [0.29, 0.717) is 17.6 Å². The first kappa shape index (κ1) is 19.6. The van der Waals surface area contributed by atoms with Gasteiger partial charge in [-0.1, -0.05) is 39.8 Å². The molecule has 1 heterocycles. The molecule has 27 heavy (non-hydrogen) atoms. The summed E-state index contributed by atoms with van der Waals surface area (Å²) in [5, 5.41) is 10.6. The van der Waals surface area contributed by atoms with Crippen molar-refractivity contribution in [3.05, 3.63) is 53.1 Å². The molecule has 0 spiro atoms. The highest BCUT2D eigenvalue weighted by atomic mass is 16.3. The number of piperazine rings is 1. The van der Waals surface area contributed by atoms with Crippen LogP contribution in [0.1, 0.15) is 56.2 Å². The largest absolute Gasteiger partial charge is 0.507 e. The van der Waals surface area contributed by atoms with Crippen molar-refractivity contribution in [3.8, 4) is 5.75 Å². The Balaban J connectivity index is 1.69. The number of hydrogen-bond acceptors (Lipinski definition) is 4. The van der Waals surface area contributed by atoms with Crippen LogP contribution in [0, 0.1) is 0 Å². The Labute approximate surface area is 163 Å². The monoisotopic (exact) mass is 367 g/mol. The van der Waals surface area contributed by atoms with E-state index in [9.17, 15) is 5.11 Å². The number of phenolic OH excluding ortho intramolecular Hbond substituents is 1. The smallest absolute Gasteiger partial charge is 0.122 e. The zero-order chi connectivity index (χ0) is 19.6. The maximum atomic E-state index is 10.6. The molecule has 0 bridgehead atoms. The van der Waals surface area contributed by atoms with Gasteiger partial charge in [0.1, 0.15) is 5.75 Å². The maximum Gasteiger partial charge on any atom is 0.122 e. The van der Waals surface area contributed by atoms with Crippen LogP contribution in [0.3, 0.4) is 0 Å². The number of benzene rings is 2. The summed E-state index contributed by atoms with van der Waals surface area (Å²) >= 11 is 0. The van der Waals surface area contributed by atoms with E-state index < -0.39 is 0 Å². The molecule has 1 fully saturated rings. The van der Waals surface area contributed by atoms with Crippen molar-refractivity contribution in [3.63, 3.8) is 0 Å². The van der Waals surface area contributed by atoms with Gasteiger partial charge in [-0.25, -0.2) is 0 Å². The number of nitrogen functional groups attached to an aromatic ring is 1. The minimum Gasteiger partial charge on any atom is -0.507 e. The predicted octanol–water partition coefficient (Wildman–Crippen LogP) is 4.54. The lowest BCUT2D eigenvalue weighted by Gasteiger charge is -2.36. The predicted molar refractivity (Wildman–Crippen MR) is 115 cm³/mol. The third-order valence-electron chi connectivity index (χ3n) is 5.51. The van der Waals surface area contributed by atoms with Gasteiger partial charge < -0.3 is 15.7 Å². The van der Waals surface area contributed by atoms with Crippen molar-refractivity contribution in [2.24, 2.45) is 0 Å². The van der Waals surface area contributed by atoms with Crippen LogP contribution in [0.4, 0.5) is 11.4 Å². The summed E-state index contributed by atoms with van der Waals surface area (Å²) in [6.07, 6.45) is 0. The summed E-state index contributed by atoms with van der Waals surface area (Å²) < 4.78 is 0. The Bertz CT molecular complexity index is 731. The SMILES string of the molecule is CC(C)c1cc(CN2CCN(c3ccc(N)cc3)CC2)cc(C(C)C)c1O. The highest BCUT2D eigenvalue weighted by Crippen LogP contribution is 2.35. The van der Waals surface area contributed by atoms with Crippen LogP contribution in [-0.4, -0.2) is 36.2 Å². The van der Waals surface area contributed by atoms with Gasteiger partial charge in [-0.3, -0.25) is 4.90 Å². The van der Waals surface area contributed by atoms with Gasteiger partial charge in [-0.2, -0.15) is 0 Å². The van der Waals surface area contributed by atoms with Crippen molar-refractivity contribution in [1.82, 2.24) is 4.90 Å². The lowest BCUT2D eigenvalue weighted by molar-refractivity contribution is 0.249. The molecule has 1 aliphatic rings. The molecule has 146 valence electrons. The standard InChI is InChI=1S/C23H33N3O/c1-16(2)21-13-18(14-22(17(3)4)23(21)27)15-25-9-11-26(12-10-25)20-7-5-19(24)6-8-20/h5-8,13-14,16-17,27H,9-12,15,24H2,1-4H3. The molecule has 0 aromatic heterocycles. The molecule has 1 aliphatic heterocycles.